The Bertz CT molecular complexity index is 1580. The second-order valence-corrected chi connectivity index (χ2v) is 11.4. The summed E-state index contributed by atoms with van der Waals surface area (Å²) in [6, 6.07) is 19.2. The summed E-state index contributed by atoms with van der Waals surface area (Å²) >= 11 is 0. The van der Waals surface area contributed by atoms with Gasteiger partial charge >= 0.3 is 12.4 Å². The van der Waals surface area contributed by atoms with Gasteiger partial charge in [0.15, 0.2) is 11.5 Å². The summed E-state index contributed by atoms with van der Waals surface area (Å²) in [6.07, 6.45) is -10.3. The molecule has 0 amide bonds. The Balaban J connectivity index is 1.45. The first kappa shape index (κ1) is 30.2. The molecule has 2 aliphatic heterocycles. The van der Waals surface area contributed by atoms with E-state index >= 15 is 4.39 Å². The van der Waals surface area contributed by atoms with Crippen molar-refractivity contribution >= 4 is 0 Å². The van der Waals surface area contributed by atoms with E-state index in [0.29, 0.717) is 30.7 Å². The molecule has 13 heteroatoms. The molecule has 44 heavy (non-hydrogen) atoms. The van der Waals surface area contributed by atoms with Crippen molar-refractivity contribution in [1.82, 2.24) is 25.1 Å². The van der Waals surface area contributed by atoms with Gasteiger partial charge in [-0.15, -0.1) is 5.10 Å². The fraction of sp³-hybridized carbons (Fsp3) is 0.387. The molecular formula is C31H28F7N5O. The van der Waals surface area contributed by atoms with Crippen molar-refractivity contribution in [2.24, 2.45) is 7.05 Å². The molecule has 3 aromatic carbocycles. The molecule has 0 unspecified atom stereocenters. The monoisotopic (exact) mass is 619 g/mol. The average molecular weight is 620 g/mol. The highest BCUT2D eigenvalue weighted by Gasteiger charge is 2.68. The molecule has 0 radical (unpaired) electrons. The Morgan fingerprint density at radius 1 is 0.841 bits per heavy atom. The highest BCUT2D eigenvalue weighted by molar-refractivity contribution is 5.37. The molecule has 4 aromatic rings. The summed E-state index contributed by atoms with van der Waals surface area (Å²) < 4.78 is 107. The average Bonchev–Trinajstić information content (AvgIpc) is 3.49. The summed E-state index contributed by atoms with van der Waals surface area (Å²) in [5.74, 6) is 0.0340. The third-order valence-electron chi connectivity index (χ3n) is 8.74. The van der Waals surface area contributed by atoms with Crippen LogP contribution in [0.3, 0.4) is 0 Å². The standard InChI is InChI=1S/C31H28F7N5O/c1-42-27(39-40-41-42)28(32)19-29(22-10-6-3-7-11-22)26(13-12-25(28)43(29)17-20-8-4-2-5-9-20)44-18-21-14-23(30(33,34)35)16-24(15-21)31(36,37)38/h2-11,14-16,25-26H,12-13,17-19H2,1H3/t25-,26+,28-,29+/m0/s1. The Kier molecular flexibility index (Phi) is 7.52. The van der Waals surface area contributed by atoms with Gasteiger partial charge in [0.1, 0.15) is 0 Å². The number of alkyl halides is 7. The van der Waals surface area contributed by atoms with Gasteiger partial charge in [-0.05, 0) is 58.2 Å². The van der Waals surface area contributed by atoms with Crippen LogP contribution in [0.4, 0.5) is 30.7 Å². The lowest BCUT2D eigenvalue weighted by molar-refractivity contribution is -0.143. The number of aryl methyl sites for hydroxylation is 1. The van der Waals surface area contributed by atoms with Crippen LogP contribution in [-0.4, -0.2) is 37.3 Å². The van der Waals surface area contributed by atoms with E-state index in [2.05, 4.69) is 15.5 Å². The van der Waals surface area contributed by atoms with Crippen molar-refractivity contribution < 1.29 is 35.5 Å². The zero-order valence-electron chi connectivity index (χ0n) is 23.5. The van der Waals surface area contributed by atoms with Gasteiger partial charge in [-0.25, -0.2) is 9.07 Å². The number of ether oxygens (including phenoxy) is 1. The van der Waals surface area contributed by atoms with Gasteiger partial charge in [0.2, 0.25) is 0 Å². The molecule has 0 N–H and O–H groups in total. The fourth-order valence-electron chi connectivity index (χ4n) is 6.91. The normalized spacial score (nSPS) is 25.8. The van der Waals surface area contributed by atoms with Crippen molar-refractivity contribution in [3.05, 3.63) is 113 Å². The molecule has 6 nitrogen and oxygen atoms in total. The van der Waals surface area contributed by atoms with Gasteiger partial charge in [-0.1, -0.05) is 60.7 Å². The Labute approximate surface area is 248 Å². The molecule has 6 rings (SSSR count). The predicted octanol–water partition coefficient (Wildman–Crippen LogP) is 6.96. The Morgan fingerprint density at radius 2 is 1.45 bits per heavy atom. The molecular weight excluding hydrogens is 591 g/mol. The lowest BCUT2D eigenvalue weighted by Gasteiger charge is -2.49. The number of piperidine rings is 1. The Morgan fingerprint density at radius 3 is 2.02 bits per heavy atom. The van der Waals surface area contributed by atoms with Crippen molar-refractivity contribution in [2.75, 3.05) is 0 Å². The largest absolute Gasteiger partial charge is 0.416 e. The minimum absolute atomic E-state index is 0.0340. The first-order valence-electron chi connectivity index (χ1n) is 14.0. The van der Waals surface area contributed by atoms with E-state index in [0.717, 1.165) is 5.56 Å². The topological polar surface area (TPSA) is 56.1 Å². The molecule has 2 aliphatic rings. The molecule has 0 saturated carbocycles. The van der Waals surface area contributed by atoms with Gasteiger partial charge in [-0.3, -0.25) is 4.90 Å². The summed E-state index contributed by atoms with van der Waals surface area (Å²) in [5, 5.41) is 11.6. The molecule has 3 heterocycles. The molecule has 232 valence electrons. The maximum atomic E-state index is 17.6. The zero-order valence-corrected chi connectivity index (χ0v) is 23.5. The number of rotatable bonds is 7. The third-order valence-corrected chi connectivity index (χ3v) is 8.74. The van der Waals surface area contributed by atoms with Gasteiger partial charge < -0.3 is 4.74 Å². The fourth-order valence-corrected chi connectivity index (χ4v) is 6.91. The van der Waals surface area contributed by atoms with E-state index in [1.54, 1.807) is 19.2 Å². The van der Waals surface area contributed by atoms with Crippen LogP contribution in [0.15, 0.2) is 78.9 Å². The number of halogens is 7. The smallest absolute Gasteiger partial charge is 0.371 e. The predicted molar refractivity (Wildman–Crippen MR) is 144 cm³/mol. The van der Waals surface area contributed by atoms with Crippen LogP contribution < -0.4 is 0 Å². The van der Waals surface area contributed by atoms with Gasteiger partial charge in [0.05, 0.1) is 35.4 Å². The van der Waals surface area contributed by atoms with Crippen LogP contribution >= 0.6 is 0 Å². The van der Waals surface area contributed by atoms with Crippen LogP contribution in [-0.2, 0) is 48.5 Å². The zero-order chi connectivity index (χ0) is 31.3. The highest BCUT2D eigenvalue weighted by Crippen LogP contribution is 2.60. The number of tetrazole rings is 1. The minimum atomic E-state index is -4.99. The minimum Gasteiger partial charge on any atom is -0.371 e. The lowest BCUT2D eigenvalue weighted by Crippen LogP contribution is -2.57. The maximum Gasteiger partial charge on any atom is 0.416 e. The van der Waals surface area contributed by atoms with E-state index in [4.69, 9.17) is 4.74 Å². The second kappa shape index (κ2) is 11.0. The molecule has 0 spiro atoms. The number of fused-ring (bicyclic) bond motifs is 2. The van der Waals surface area contributed by atoms with Crippen LogP contribution in [0, 0.1) is 0 Å². The molecule has 4 atom stereocenters. The van der Waals surface area contributed by atoms with Crippen molar-refractivity contribution in [1.29, 1.82) is 0 Å². The van der Waals surface area contributed by atoms with Crippen LogP contribution in [0.25, 0.3) is 0 Å². The van der Waals surface area contributed by atoms with E-state index in [-0.39, 0.29) is 30.3 Å². The highest BCUT2D eigenvalue weighted by atomic mass is 19.4. The van der Waals surface area contributed by atoms with Crippen molar-refractivity contribution in [3.63, 3.8) is 0 Å². The lowest BCUT2D eigenvalue weighted by atomic mass is 9.78. The second-order valence-electron chi connectivity index (χ2n) is 11.4. The van der Waals surface area contributed by atoms with Gasteiger partial charge in [0.25, 0.3) is 0 Å². The SMILES string of the molecule is Cn1nnnc1[C@]1(F)C[C@@]2(c3ccccc3)[C@H](OCc3cc(C(F)(F)F)cc(C(F)(F)F)c3)CC[C@@H]1N2Cc1ccccc1. The van der Waals surface area contributed by atoms with E-state index in [1.807, 2.05) is 53.4 Å². The summed E-state index contributed by atoms with van der Waals surface area (Å²) in [5.41, 5.74) is -4.72. The van der Waals surface area contributed by atoms with E-state index in [9.17, 15) is 26.3 Å². The first-order chi connectivity index (χ1) is 20.8. The van der Waals surface area contributed by atoms with E-state index < -0.39 is 53.4 Å². The summed E-state index contributed by atoms with van der Waals surface area (Å²) in [7, 11) is 1.55. The van der Waals surface area contributed by atoms with Crippen molar-refractivity contribution in [2.45, 2.75) is 68.1 Å². The maximum absolute atomic E-state index is 17.6. The number of nitrogens with zero attached hydrogens (tertiary/aromatic N) is 5. The van der Waals surface area contributed by atoms with Crippen LogP contribution in [0.2, 0.25) is 0 Å². The molecule has 0 aliphatic carbocycles. The van der Waals surface area contributed by atoms with Crippen LogP contribution in [0.5, 0.6) is 0 Å². The number of benzene rings is 3. The van der Waals surface area contributed by atoms with Crippen molar-refractivity contribution in [3.8, 4) is 0 Å². The number of hydrogen-bond donors (Lipinski definition) is 0. The van der Waals surface area contributed by atoms with E-state index in [1.165, 1.54) is 4.68 Å². The molecule has 2 bridgehead atoms. The molecule has 2 saturated heterocycles. The quantitative estimate of drug-likeness (QED) is 0.210. The van der Waals surface area contributed by atoms with Crippen LogP contribution in [0.1, 0.15) is 52.9 Å². The number of hydrogen-bond acceptors (Lipinski definition) is 5. The number of aromatic nitrogens is 4. The van der Waals surface area contributed by atoms with Gasteiger partial charge in [-0.2, -0.15) is 26.3 Å². The van der Waals surface area contributed by atoms with Gasteiger partial charge in [0, 0.05) is 20.0 Å². The first-order valence-corrected chi connectivity index (χ1v) is 14.0. The third kappa shape index (κ3) is 5.25. The molecule has 1 aromatic heterocycles. The summed E-state index contributed by atoms with van der Waals surface area (Å²) in [6.45, 7) is -0.236. The molecule has 2 fully saturated rings. The summed E-state index contributed by atoms with van der Waals surface area (Å²) in [4.78, 5) is 2.01. The Hall–Kier alpha value is -3.84.